The Morgan fingerprint density at radius 1 is 0.952 bits per heavy atom. The third-order valence-electron chi connectivity index (χ3n) is 3.16. The van der Waals surface area contributed by atoms with Crippen LogP contribution in [0.1, 0.15) is 22.1 Å². The second kappa shape index (κ2) is 5.47. The molecule has 0 saturated heterocycles. The summed E-state index contributed by atoms with van der Waals surface area (Å²) in [7, 11) is -4.71. The molecule has 0 fully saturated rings. The number of allylic oxidation sites excluding steroid dienone is 2. The minimum absolute atomic E-state index is 0. The molecule has 0 unspecified atom stereocenters. The molecule has 0 bridgehead atoms. The topological polar surface area (TPSA) is 88.5 Å². The SMILES string of the molecule is O=C1C=C(S(=O)(=O)O)C(=O)c2cc3ccccc3cc21.[H-].[Na+]. The van der Waals surface area contributed by atoms with Crippen LogP contribution in [0.15, 0.2) is 47.4 Å². The fraction of sp³-hybridized carbons (Fsp3) is 0. The summed E-state index contributed by atoms with van der Waals surface area (Å²) in [6.07, 6.45) is 0.661. The fourth-order valence-electron chi connectivity index (χ4n) is 2.22. The van der Waals surface area contributed by atoms with E-state index in [0.717, 1.165) is 5.39 Å². The zero-order chi connectivity index (χ0) is 14.5. The van der Waals surface area contributed by atoms with Crippen LogP contribution in [0.2, 0.25) is 0 Å². The first-order valence-corrected chi connectivity index (χ1v) is 7.13. The monoisotopic (exact) mass is 312 g/mol. The van der Waals surface area contributed by atoms with Gasteiger partial charge < -0.3 is 1.43 Å². The Bertz CT molecular complexity index is 918. The van der Waals surface area contributed by atoms with E-state index in [-0.39, 0.29) is 42.1 Å². The molecule has 1 aliphatic rings. The van der Waals surface area contributed by atoms with Crippen LogP contribution in [0.3, 0.4) is 0 Å². The Hall–Kier alpha value is -1.31. The molecule has 3 rings (SSSR count). The fourth-order valence-corrected chi connectivity index (χ4v) is 2.82. The molecular weight excluding hydrogens is 303 g/mol. The molecule has 0 aromatic heterocycles. The molecule has 0 atom stereocenters. The number of rotatable bonds is 1. The van der Waals surface area contributed by atoms with Gasteiger partial charge in [0.05, 0.1) is 0 Å². The minimum Gasteiger partial charge on any atom is -1.00 e. The summed E-state index contributed by atoms with van der Waals surface area (Å²) in [4.78, 5) is 23.1. The average Bonchev–Trinajstić information content (AvgIpc) is 2.40. The summed E-state index contributed by atoms with van der Waals surface area (Å²) in [6.45, 7) is 0. The molecule has 21 heavy (non-hydrogen) atoms. The number of Topliss-reactive ketones (excluding diaryl/α,β-unsaturated/α-hetero) is 1. The first-order valence-electron chi connectivity index (χ1n) is 5.69. The van der Waals surface area contributed by atoms with Crippen molar-refractivity contribution >= 4 is 32.5 Å². The van der Waals surface area contributed by atoms with Crippen LogP contribution < -0.4 is 29.6 Å². The van der Waals surface area contributed by atoms with Gasteiger partial charge in [-0.3, -0.25) is 14.1 Å². The Balaban J connectivity index is 0.00000121. The molecule has 0 radical (unpaired) electrons. The van der Waals surface area contributed by atoms with Crippen LogP contribution in [-0.4, -0.2) is 24.5 Å². The van der Waals surface area contributed by atoms with Crippen molar-refractivity contribution in [2.24, 2.45) is 0 Å². The van der Waals surface area contributed by atoms with Gasteiger partial charge >= 0.3 is 29.6 Å². The van der Waals surface area contributed by atoms with Crippen molar-refractivity contribution in [2.45, 2.75) is 0 Å². The number of fused-ring (bicyclic) bond motifs is 2. The molecule has 1 aliphatic carbocycles. The van der Waals surface area contributed by atoms with Crippen LogP contribution in [0.25, 0.3) is 10.8 Å². The number of benzene rings is 2. The molecule has 1 N–H and O–H groups in total. The van der Waals surface area contributed by atoms with E-state index in [2.05, 4.69) is 0 Å². The summed E-state index contributed by atoms with van der Waals surface area (Å²) in [6, 6.07) is 10.1. The molecule has 0 saturated carbocycles. The average molecular weight is 312 g/mol. The Kier molecular flexibility index (Phi) is 4.19. The van der Waals surface area contributed by atoms with Gasteiger partial charge in [-0.25, -0.2) is 0 Å². The van der Waals surface area contributed by atoms with Gasteiger partial charge in [0.2, 0.25) is 5.78 Å². The van der Waals surface area contributed by atoms with Crippen molar-refractivity contribution in [2.75, 3.05) is 0 Å². The van der Waals surface area contributed by atoms with E-state index >= 15 is 0 Å². The predicted octanol–water partition coefficient (Wildman–Crippen LogP) is -0.893. The van der Waals surface area contributed by atoms with Crippen LogP contribution in [0, 0.1) is 0 Å². The van der Waals surface area contributed by atoms with Crippen LogP contribution >= 0.6 is 0 Å². The molecule has 5 nitrogen and oxygen atoms in total. The maximum absolute atomic E-state index is 12.1. The molecule has 0 aliphatic heterocycles. The van der Waals surface area contributed by atoms with E-state index in [1.807, 2.05) is 0 Å². The summed E-state index contributed by atoms with van der Waals surface area (Å²) >= 11 is 0. The first kappa shape index (κ1) is 16.1. The Labute approximate surface area is 144 Å². The summed E-state index contributed by atoms with van der Waals surface area (Å²) in [5, 5.41) is 1.49. The predicted molar refractivity (Wildman–Crippen MR) is 73.4 cm³/mol. The van der Waals surface area contributed by atoms with Crippen molar-refractivity contribution < 1.29 is 53.5 Å². The number of carbonyl (C=O) groups is 2. The third kappa shape index (κ3) is 2.73. The van der Waals surface area contributed by atoms with Crippen LogP contribution in [0.5, 0.6) is 0 Å². The Morgan fingerprint density at radius 3 is 2.00 bits per heavy atom. The normalized spacial score (nSPS) is 14.4. The maximum Gasteiger partial charge on any atom is 1.00 e. The molecule has 102 valence electrons. The number of hydrogen-bond donors (Lipinski definition) is 1. The van der Waals surface area contributed by atoms with E-state index in [4.69, 9.17) is 4.55 Å². The summed E-state index contributed by atoms with van der Waals surface area (Å²) in [5.74, 6) is -1.48. The molecule has 0 spiro atoms. The minimum atomic E-state index is -4.71. The smallest absolute Gasteiger partial charge is 1.00 e. The molecule has 0 heterocycles. The van der Waals surface area contributed by atoms with Crippen molar-refractivity contribution in [1.29, 1.82) is 0 Å². The summed E-state index contributed by atoms with van der Waals surface area (Å²) in [5.41, 5.74) is 0.130. The van der Waals surface area contributed by atoms with E-state index in [0.29, 0.717) is 11.5 Å². The largest absolute Gasteiger partial charge is 1.00 e. The quantitative estimate of drug-likeness (QED) is 0.545. The van der Waals surface area contributed by atoms with E-state index < -0.39 is 26.6 Å². The maximum atomic E-state index is 12.1. The zero-order valence-electron chi connectivity index (χ0n) is 12.0. The molecule has 7 heteroatoms. The van der Waals surface area contributed by atoms with Crippen molar-refractivity contribution in [3.63, 3.8) is 0 Å². The van der Waals surface area contributed by atoms with E-state index in [1.54, 1.807) is 30.3 Å². The number of carbonyl (C=O) groups excluding carboxylic acids is 2. The van der Waals surface area contributed by atoms with E-state index in [9.17, 15) is 18.0 Å². The molecule has 2 aromatic carbocycles. The molecular formula is C14H9NaO5S. The second-order valence-corrected chi connectivity index (χ2v) is 5.81. The van der Waals surface area contributed by atoms with Gasteiger partial charge in [-0.05, 0) is 22.9 Å². The van der Waals surface area contributed by atoms with Crippen LogP contribution in [-0.2, 0) is 10.1 Å². The van der Waals surface area contributed by atoms with Crippen molar-refractivity contribution in [1.82, 2.24) is 0 Å². The third-order valence-corrected chi connectivity index (χ3v) is 4.02. The summed E-state index contributed by atoms with van der Waals surface area (Å²) < 4.78 is 31.3. The van der Waals surface area contributed by atoms with Crippen LogP contribution in [0.4, 0.5) is 0 Å². The zero-order valence-corrected chi connectivity index (χ0v) is 13.8. The van der Waals surface area contributed by atoms with Gasteiger partial charge in [-0.2, -0.15) is 8.42 Å². The van der Waals surface area contributed by atoms with Gasteiger partial charge in [-0.1, -0.05) is 24.3 Å². The molecule has 2 aromatic rings. The second-order valence-electron chi connectivity index (χ2n) is 4.42. The molecule has 0 amide bonds. The number of hydrogen-bond acceptors (Lipinski definition) is 4. The van der Waals surface area contributed by atoms with Crippen molar-refractivity contribution in [3.05, 3.63) is 58.5 Å². The van der Waals surface area contributed by atoms with Gasteiger partial charge in [0, 0.05) is 17.2 Å². The van der Waals surface area contributed by atoms with Gasteiger partial charge in [-0.15, -0.1) is 0 Å². The van der Waals surface area contributed by atoms with Crippen molar-refractivity contribution in [3.8, 4) is 0 Å². The van der Waals surface area contributed by atoms with E-state index in [1.165, 1.54) is 6.07 Å². The standard InChI is InChI=1S/C14H8O5S.Na.H/c15-12-7-13(20(17,18)19)14(16)11-6-9-4-2-1-3-8(9)5-10(11)12;;/h1-7H,(H,17,18,19);;/q;+1;-1. The van der Waals surface area contributed by atoms with Gasteiger partial charge in [0.25, 0.3) is 10.1 Å². The number of ketones is 2. The van der Waals surface area contributed by atoms with Gasteiger partial charge in [0.1, 0.15) is 4.91 Å². The Morgan fingerprint density at radius 2 is 1.48 bits per heavy atom. The van der Waals surface area contributed by atoms with Gasteiger partial charge in [0.15, 0.2) is 5.78 Å². The first-order chi connectivity index (χ1) is 9.38.